The van der Waals surface area contributed by atoms with Crippen LogP contribution < -0.4 is 0 Å². The first-order chi connectivity index (χ1) is 9.27. The Labute approximate surface area is 116 Å². The van der Waals surface area contributed by atoms with Gasteiger partial charge in [-0.15, -0.1) is 0 Å². The first-order valence-electron chi connectivity index (χ1n) is 6.04. The highest BCUT2D eigenvalue weighted by Gasteiger charge is 2.15. The van der Waals surface area contributed by atoms with Gasteiger partial charge in [-0.1, -0.05) is 72.3 Å². The lowest BCUT2D eigenvalue weighted by Gasteiger charge is -2.08. The van der Waals surface area contributed by atoms with Crippen LogP contribution >= 0.6 is 11.6 Å². The van der Waals surface area contributed by atoms with Crippen molar-refractivity contribution in [2.45, 2.75) is 0 Å². The van der Waals surface area contributed by atoms with Gasteiger partial charge in [0.1, 0.15) is 0 Å². The van der Waals surface area contributed by atoms with Gasteiger partial charge in [0.25, 0.3) is 0 Å². The van der Waals surface area contributed by atoms with E-state index in [0.29, 0.717) is 16.1 Å². The van der Waals surface area contributed by atoms with Crippen molar-refractivity contribution >= 4 is 28.2 Å². The van der Waals surface area contributed by atoms with Crippen molar-refractivity contribution in [3.8, 4) is 0 Å². The molecule has 0 aliphatic rings. The monoisotopic (exact) mass is 266 g/mol. The van der Waals surface area contributed by atoms with Crippen molar-refractivity contribution in [1.29, 1.82) is 0 Å². The van der Waals surface area contributed by atoms with Gasteiger partial charge in [0.15, 0.2) is 5.78 Å². The number of hydrogen-bond donors (Lipinski definition) is 0. The topological polar surface area (TPSA) is 17.1 Å². The molecule has 0 N–H and O–H groups in total. The van der Waals surface area contributed by atoms with E-state index in [2.05, 4.69) is 0 Å². The molecule has 0 spiro atoms. The second-order valence-corrected chi connectivity index (χ2v) is 4.75. The van der Waals surface area contributed by atoms with Gasteiger partial charge in [0.2, 0.25) is 0 Å². The van der Waals surface area contributed by atoms with Crippen molar-refractivity contribution in [3.63, 3.8) is 0 Å². The fourth-order valence-electron chi connectivity index (χ4n) is 2.21. The van der Waals surface area contributed by atoms with Crippen LogP contribution in [0.25, 0.3) is 10.8 Å². The van der Waals surface area contributed by atoms with E-state index in [4.69, 9.17) is 11.6 Å². The minimum absolute atomic E-state index is 0.0394. The number of benzene rings is 3. The maximum Gasteiger partial charge on any atom is 0.195 e. The summed E-state index contributed by atoms with van der Waals surface area (Å²) in [6, 6.07) is 20.7. The van der Waals surface area contributed by atoms with Crippen LogP contribution in [0.4, 0.5) is 0 Å². The highest BCUT2D eigenvalue weighted by Crippen LogP contribution is 2.28. The van der Waals surface area contributed by atoms with Crippen molar-refractivity contribution in [1.82, 2.24) is 0 Å². The number of rotatable bonds is 2. The van der Waals surface area contributed by atoms with Crippen LogP contribution in [0.5, 0.6) is 0 Å². The van der Waals surface area contributed by atoms with Crippen molar-refractivity contribution in [3.05, 3.63) is 82.9 Å². The number of carbonyl (C=O) groups is 1. The fraction of sp³-hybridized carbons (Fsp3) is 0. The molecule has 0 atom stereocenters. The summed E-state index contributed by atoms with van der Waals surface area (Å²) in [4.78, 5) is 12.6. The molecule has 92 valence electrons. The smallest absolute Gasteiger partial charge is 0.195 e. The Balaban J connectivity index is 2.25. The quantitative estimate of drug-likeness (QED) is 0.613. The fourth-order valence-corrected chi connectivity index (χ4v) is 2.46. The molecule has 0 heterocycles. The van der Waals surface area contributed by atoms with Gasteiger partial charge in [0, 0.05) is 11.1 Å². The third kappa shape index (κ3) is 2.13. The Morgan fingerprint density at radius 1 is 0.789 bits per heavy atom. The Morgan fingerprint density at radius 2 is 1.47 bits per heavy atom. The zero-order chi connectivity index (χ0) is 13.2. The molecule has 3 aromatic rings. The maximum atomic E-state index is 12.6. The van der Waals surface area contributed by atoms with Gasteiger partial charge >= 0.3 is 0 Å². The van der Waals surface area contributed by atoms with Gasteiger partial charge in [-0.05, 0) is 16.8 Å². The average Bonchev–Trinajstić information content (AvgIpc) is 2.47. The highest BCUT2D eigenvalue weighted by molar-refractivity contribution is 6.37. The largest absolute Gasteiger partial charge is 0.289 e. The molecule has 0 aliphatic heterocycles. The minimum Gasteiger partial charge on any atom is -0.289 e. The van der Waals surface area contributed by atoms with Crippen LogP contribution in [0.3, 0.4) is 0 Å². The van der Waals surface area contributed by atoms with Crippen LogP contribution in [-0.4, -0.2) is 5.78 Å². The van der Waals surface area contributed by atoms with E-state index in [1.54, 1.807) is 18.2 Å². The average molecular weight is 267 g/mol. The van der Waals surface area contributed by atoms with Crippen LogP contribution in [0.15, 0.2) is 66.7 Å². The second-order valence-electron chi connectivity index (χ2n) is 4.34. The van der Waals surface area contributed by atoms with Gasteiger partial charge in [0.05, 0.1) is 5.02 Å². The van der Waals surface area contributed by atoms with Gasteiger partial charge in [-0.25, -0.2) is 0 Å². The molecule has 3 rings (SSSR count). The molecule has 0 aliphatic carbocycles. The molecule has 19 heavy (non-hydrogen) atoms. The zero-order valence-corrected chi connectivity index (χ0v) is 10.9. The third-order valence-corrected chi connectivity index (χ3v) is 3.46. The van der Waals surface area contributed by atoms with Gasteiger partial charge in [-0.2, -0.15) is 0 Å². The predicted molar refractivity (Wildman–Crippen MR) is 78.8 cm³/mol. The molecule has 2 heteroatoms. The molecular formula is C17H11ClO. The summed E-state index contributed by atoms with van der Waals surface area (Å²) in [6.07, 6.45) is 0. The molecule has 0 fully saturated rings. The highest BCUT2D eigenvalue weighted by atomic mass is 35.5. The Morgan fingerprint density at radius 3 is 2.26 bits per heavy atom. The minimum atomic E-state index is -0.0394. The lowest BCUT2D eigenvalue weighted by Crippen LogP contribution is -2.03. The number of halogens is 1. The van der Waals surface area contributed by atoms with Crippen molar-refractivity contribution in [2.75, 3.05) is 0 Å². The first kappa shape index (κ1) is 11.9. The van der Waals surface area contributed by atoms with Crippen molar-refractivity contribution < 1.29 is 4.79 Å². The van der Waals surface area contributed by atoms with E-state index in [0.717, 1.165) is 10.8 Å². The van der Waals surface area contributed by atoms with Crippen LogP contribution in [0, 0.1) is 0 Å². The number of ketones is 1. The van der Waals surface area contributed by atoms with Crippen LogP contribution in [0.2, 0.25) is 5.02 Å². The first-order valence-corrected chi connectivity index (χ1v) is 6.42. The number of hydrogen-bond acceptors (Lipinski definition) is 1. The predicted octanol–water partition coefficient (Wildman–Crippen LogP) is 4.72. The van der Waals surface area contributed by atoms with E-state index in [1.165, 1.54) is 0 Å². The van der Waals surface area contributed by atoms with E-state index in [9.17, 15) is 4.79 Å². The van der Waals surface area contributed by atoms with Gasteiger partial charge in [-0.3, -0.25) is 4.79 Å². The lowest BCUT2D eigenvalue weighted by molar-refractivity contribution is 0.104. The third-order valence-electron chi connectivity index (χ3n) is 3.14. The number of fused-ring (bicyclic) bond motifs is 1. The summed E-state index contributed by atoms with van der Waals surface area (Å²) in [7, 11) is 0. The molecule has 3 aromatic carbocycles. The molecule has 0 bridgehead atoms. The molecular weight excluding hydrogens is 256 g/mol. The summed E-state index contributed by atoms with van der Waals surface area (Å²) < 4.78 is 0. The van der Waals surface area contributed by atoms with Crippen molar-refractivity contribution in [2.24, 2.45) is 0 Å². The zero-order valence-electron chi connectivity index (χ0n) is 10.1. The summed E-state index contributed by atoms with van der Waals surface area (Å²) >= 11 is 6.23. The molecule has 0 unspecified atom stereocenters. The standard InChI is InChI=1S/C17H11ClO/c18-15-11-10-12-6-4-5-9-14(12)16(15)17(19)13-7-2-1-3-8-13/h1-11H. The lowest BCUT2D eigenvalue weighted by atomic mass is 9.97. The summed E-state index contributed by atoms with van der Waals surface area (Å²) in [6.45, 7) is 0. The molecule has 0 amide bonds. The molecule has 0 radical (unpaired) electrons. The Kier molecular flexibility index (Phi) is 3.06. The normalized spacial score (nSPS) is 10.6. The van der Waals surface area contributed by atoms with Crippen LogP contribution in [-0.2, 0) is 0 Å². The molecule has 0 saturated heterocycles. The summed E-state index contributed by atoms with van der Waals surface area (Å²) in [5, 5.41) is 2.41. The molecule has 0 saturated carbocycles. The maximum absolute atomic E-state index is 12.6. The summed E-state index contributed by atoms with van der Waals surface area (Å²) in [5.41, 5.74) is 1.23. The Hall–Kier alpha value is -2.12. The molecule has 1 nitrogen and oxygen atoms in total. The van der Waals surface area contributed by atoms with E-state index >= 15 is 0 Å². The SMILES string of the molecule is O=C(c1ccccc1)c1c(Cl)ccc2ccccc12. The van der Waals surface area contributed by atoms with E-state index < -0.39 is 0 Å². The second kappa shape index (κ2) is 4.87. The van der Waals surface area contributed by atoms with Gasteiger partial charge < -0.3 is 0 Å². The number of carbonyl (C=O) groups excluding carboxylic acids is 1. The molecule has 0 aromatic heterocycles. The van der Waals surface area contributed by atoms with E-state index in [-0.39, 0.29) is 5.78 Å². The van der Waals surface area contributed by atoms with E-state index in [1.807, 2.05) is 48.5 Å². The summed E-state index contributed by atoms with van der Waals surface area (Å²) in [5.74, 6) is -0.0394. The van der Waals surface area contributed by atoms with Crippen LogP contribution in [0.1, 0.15) is 15.9 Å². The Bertz CT molecular complexity index is 748.